The Labute approximate surface area is 111 Å². The van der Waals surface area contributed by atoms with Gasteiger partial charge in [-0.05, 0) is 31.4 Å². The lowest BCUT2D eigenvalue weighted by Crippen LogP contribution is -2.17. The summed E-state index contributed by atoms with van der Waals surface area (Å²) < 4.78 is 22.4. The molecule has 0 fully saturated rings. The summed E-state index contributed by atoms with van der Waals surface area (Å²) in [7, 11) is 1.15. The fourth-order valence-corrected chi connectivity index (χ4v) is 1.49. The van der Waals surface area contributed by atoms with Crippen LogP contribution in [0.3, 0.4) is 0 Å². The molecular weight excluding hydrogens is 251 g/mol. The summed E-state index contributed by atoms with van der Waals surface area (Å²) in [6, 6.07) is 8.64. The smallest absolute Gasteiger partial charge is 0.340 e. The van der Waals surface area contributed by atoms with Crippen LogP contribution in [0.5, 0.6) is 0 Å². The Kier molecular flexibility index (Phi) is 6.57. The van der Waals surface area contributed by atoms with Gasteiger partial charge in [-0.25, -0.2) is 14.0 Å². The van der Waals surface area contributed by atoms with Crippen LogP contribution in [0.2, 0.25) is 0 Å². The number of carbonyl (C=O) groups excluding carboxylic acids is 2. The number of rotatable bonds is 7. The molecule has 0 aliphatic rings. The summed E-state index contributed by atoms with van der Waals surface area (Å²) >= 11 is 0. The molecule has 1 atom stereocenters. The van der Waals surface area contributed by atoms with Crippen LogP contribution >= 0.6 is 0 Å². The maximum absolute atomic E-state index is 13.1. The Balaban J connectivity index is 2.15. The molecule has 4 nitrogen and oxygen atoms in total. The standard InChI is InChI=1S/C14H17FO4/c1-18-14(17)12(15)9-5-6-10-19-13(16)11-7-3-2-4-8-11/h2-4,7-8,12H,5-6,9-10H2,1H3. The summed E-state index contributed by atoms with van der Waals surface area (Å²) in [6.45, 7) is 0.210. The minimum absolute atomic E-state index is 0.0789. The van der Waals surface area contributed by atoms with Crippen LogP contribution in [0, 0.1) is 0 Å². The Bertz CT molecular complexity index is 405. The molecule has 0 heterocycles. The van der Waals surface area contributed by atoms with Crippen molar-refractivity contribution in [2.75, 3.05) is 13.7 Å². The molecule has 104 valence electrons. The van der Waals surface area contributed by atoms with Crippen molar-refractivity contribution in [3.8, 4) is 0 Å². The average molecular weight is 268 g/mol. The van der Waals surface area contributed by atoms with Gasteiger partial charge in [0, 0.05) is 0 Å². The molecule has 1 aromatic rings. The number of ether oxygens (including phenoxy) is 2. The van der Waals surface area contributed by atoms with Crippen LogP contribution in [0.15, 0.2) is 30.3 Å². The third-order valence-corrected chi connectivity index (χ3v) is 2.55. The largest absolute Gasteiger partial charge is 0.467 e. The van der Waals surface area contributed by atoms with E-state index in [0.29, 0.717) is 18.4 Å². The first kappa shape index (κ1) is 15.1. The number of halogens is 1. The van der Waals surface area contributed by atoms with E-state index in [1.165, 1.54) is 0 Å². The molecular formula is C14H17FO4. The highest BCUT2D eigenvalue weighted by Crippen LogP contribution is 2.07. The molecule has 1 aromatic carbocycles. The zero-order chi connectivity index (χ0) is 14.1. The van der Waals surface area contributed by atoms with Crippen molar-refractivity contribution in [1.82, 2.24) is 0 Å². The van der Waals surface area contributed by atoms with Crippen LogP contribution < -0.4 is 0 Å². The lowest BCUT2D eigenvalue weighted by molar-refractivity contribution is -0.146. The minimum Gasteiger partial charge on any atom is -0.467 e. The lowest BCUT2D eigenvalue weighted by Gasteiger charge is -2.06. The monoisotopic (exact) mass is 268 g/mol. The first-order chi connectivity index (χ1) is 9.15. The zero-order valence-corrected chi connectivity index (χ0v) is 10.8. The van der Waals surface area contributed by atoms with Gasteiger partial charge in [-0.15, -0.1) is 0 Å². The lowest BCUT2D eigenvalue weighted by atomic mass is 10.2. The van der Waals surface area contributed by atoms with E-state index < -0.39 is 18.1 Å². The second-order valence-corrected chi connectivity index (χ2v) is 3.99. The van der Waals surface area contributed by atoms with E-state index in [1.807, 2.05) is 6.07 Å². The van der Waals surface area contributed by atoms with Crippen LogP contribution in [-0.4, -0.2) is 31.8 Å². The number of unbranched alkanes of at least 4 members (excludes halogenated alkanes) is 1. The van der Waals surface area contributed by atoms with Crippen LogP contribution in [0.4, 0.5) is 4.39 Å². The third-order valence-electron chi connectivity index (χ3n) is 2.55. The second-order valence-electron chi connectivity index (χ2n) is 3.99. The Morgan fingerprint density at radius 1 is 1.21 bits per heavy atom. The van der Waals surface area contributed by atoms with Gasteiger partial charge in [0.2, 0.25) is 0 Å². The van der Waals surface area contributed by atoms with E-state index >= 15 is 0 Å². The fraction of sp³-hybridized carbons (Fsp3) is 0.429. The SMILES string of the molecule is COC(=O)C(F)CCCCOC(=O)c1ccccc1. The molecule has 0 amide bonds. The van der Waals surface area contributed by atoms with E-state index in [0.717, 1.165) is 7.11 Å². The van der Waals surface area contributed by atoms with Gasteiger partial charge in [0.05, 0.1) is 19.3 Å². The highest BCUT2D eigenvalue weighted by atomic mass is 19.1. The summed E-state index contributed by atoms with van der Waals surface area (Å²) in [6.07, 6.45) is -0.556. The first-order valence-corrected chi connectivity index (χ1v) is 6.09. The van der Waals surface area contributed by atoms with E-state index in [4.69, 9.17) is 4.74 Å². The number of esters is 2. The van der Waals surface area contributed by atoms with Crippen LogP contribution in [0.1, 0.15) is 29.6 Å². The van der Waals surface area contributed by atoms with Gasteiger partial charge in [-0.2, -0.15) is 0 Å². The number of methoxy groups -OCH3 is 1. The number of benzene rings is 1. The van der Waals surface area contributed by atoms with Gasteiger partial charge in [-0.3, -0.25) is 0 Å². The molecule has 5 heteroatoms. The van der Waals surface area contributed by atoms with E-state index in [-0.39, 0.29) is 13.0 Å². The van der Waals surface area contributed by atoms with Gasteiger partial charge in [0.15, 0.2) is 6.17 Å². The van der Waals surface area contributed by atoms with E-state index in [1.54, 1.807) is 24.3 Å². The highest BCUT2D eigenvalue weighted by Gasteiger charge is 2.16. The first-order valence-electron chi connectivity index (χ1n) is 6.09. The molecule has 0 radical (unpaired) electrons. The van der Waals surface area contributed by atoms with Crippen molar-refractivity contribution in [2.45, 2.75) is 25.4 Å². The number of hydrogen-bond acceptors (Lipinski definition) is 4. The molecule has 0 saturated carbocycles. The molecule has 0 N–H and O–H groups in total. The summed E-state index contributed by atoms with van der Waals surface area (Å²) in [5, 5.41) is 0. The highest BCUT2D eigenvalue weighted by molar-refractivity contribution is 5.89. The van der Waals surface area contributed by atoms with E-state index in [2.05, 4.69) is 4.74 Å². The molecule has 0 aliphatic heterocycles. The zero-order valence-electron chi connectivity index (χ0n) is 10.8. The van der Waals surface area contributed by atoms with Gasteiger partial charge in [-0.1, -0.05) is 18.2 Å². The van der Waals surface area contributed by atoms with Crippen molar-refractivity contribution in [2.24, 2.45) is 0 Å². The Morgan fingerprint density at radius 2 is 1.89 bits per heavy atom. The average Bonchev–Trinajstić information content (AvgIpc) is 2.46. The minimum atomic E-state index is -1.60. The maximum atomic E-state index is 13.1. The molecule has 1 unspecified atom stereocenters. The van der Waals surface area contributed by atoms with Crippen molar-refractivity contribution in [3.05, 3.63) is 35.9 Å². The number of hydrogen-bond donors (Lipinski definition) is 0. The van der Waals surface area contributed by atoms with Crippen molar-refractivity contribution in [3.63, 3.8) is 0 Å². The topological polar surface area (TPSA) is 52.6 Å². The maximum Gasteiger partial charge on any atom is 0.340 e. The molecule has 1 rings (SSSR count). The number of alkyl halides is 1. The van der Waals surface area contributed by atoms with Crippen molar-refractivity contribution in [1.29, 1.82) is 0 Å². The van der Waals surface area contributed by atoms with Crippen LogP contribution in [-0.2, 0) is 14.3 Å². The fourth-order valence-electron chi connectivity index (χ4n) is 1.49. The predicted molar refractivity (Wildman–Crippen MR) is 67.5 cm³/mol. The van der Waals surface area contributed by atoms with Gasteiger partial charge < -0.3 is 9.47 Å². The summed E-state index contributed by atoms with van der Waals surface area (Å²) in [4.78, 5) is 22.3. The molecule has 0 spiro atoms. The summed E-state index contributed by atoms with van der Waals surface area (Å²) in [5.41, 5.74) is 0.487. The van der Waals surface area contributed by atoms with Gasteiger partial charge in [0.25, 0.3) is 0 Å². The van der Waals surface area contributed by atoms with Crippen molar-refractivity contribution >= 4 is 11.9 Å². The van der Waals surface area contributed by atoms with Crippen LogP contribution in [0.25, 0.3) is 0 Å². The van der Waals surface area contributed by atoms with Crippen molar-refractivity contribution < 1.29 is 23.5 Å². The Hall–Kier alpha value is -1.91. The van der Waals surface area contributed by atoms with Gasteiger partial charge in [0.1, 0.15) is 0 Å². The third kappa shape index (κ3) is 5.50. The Morgan fingerprint density at radius 3 is 2.53 bits per heavy atom. The molecule has 0 aliphatic carbocycles. The molecule has 19 heavy (non-hydrogen) atoms. The molecule has 0 aromatic heterocycles. The number of carbonyl (C=O) groups is 2. The second kappa shape index (κ2) is 8.24. The van der Waals surface area contributed by atoms with Gasteiger partial charge >= 0.3 is 11.9 Å². The van der Waals surface area contributed by atoms with E-state index in [9.17, 15) is 14.0 Å². The normalized spacial score (nSPS) is 11.7. The predicted octanol–water partition coefficient (Wildman–Crippen LogP) is 2.52. The summed E-state index contributed by atoms with van der Waals surface area (Å²) in [5.74, 6) is -1.26. The quantitative estimate of drug-likeness (QED) is 0.563. The molecule has 0 saturated heterocycles. The molecule has 0 bridgehead atoms.